The SMILES string of the molecule is CCn1nccc1C(=O)N1CCC[C@@H]1c1cc(C)no1. The normalized spacial score (nSPS) is 18.7. The van der Waals surface area contributed by atoms with Crippen molar-refractivity contribution in [1.82, 2.24) is 19.8 Å². The Hall–Kier alpha value is -2.11. The minimum Gasteiger partial charge on any atom is -0.359 e. The molecule has 3 heterocycles. The highest BCUT2D eigenvalue weighted by Crippen LogP contribution is 2.33. The van der Waals surface area contributed by atoms with Gasteiger partial charge in [0.1, 0.15) is 5.69 Å². The molecule has 0 aliphatic carbocycles. The quantitative estimate of drug-likeness (QED) is 0.860. The third-order valence-corrected chi connectivity index (χ3v) is 3.72. The molecule has 6 heteroatoms. The Morgan fingerprint density at radius 3 is 3.10 bits per heavy atom. The second-order valence-corrected chi connectivity index (χ2v) is 5.06. The molecule has 20 heavy (non-hydrogen) atoms. The van der Waals surface area contributed by atoms with Crippen LogP contribution in [0.15, 0.2) is 22.9 Å². The summed E-state index contributed by atoms with van der Waals surface area (Å²) >= 11 is 0. The monoisotopic (exact) mass is 274 g/mol. The molecule has 0 bridgehead atoms. The lowest BCUT2D eigenvalue weighted by Gasteiger charge is -2.22. The van der Waals surface area contributed by atoms with Crippen LogP contribution < -0.4 is 0 Å². The number of aromatic nitrogens is 3. The topological polar surface area (TPSA) is 64.2 Å². The third-order valence-electron chi connectivity index (χ3n) is 3.72. The van der Waals surface area contributed by atoms with Crippen LogP contribution in [0.5, 0.6) is 0 Å². The Kier molecular flexibility index (Phi) is 3.30. The van der Waals surface area contributed by atoms with Crippen molar-refractivity contribution in [3.8, 4) is 0 Å². The molecule has 0 aromatic carbocycles. The van der Waals surface area contributed by atoms with Gasteiger partial charge in [-0.1, -0.05) is 5.16 Å². The van der Waals surface area contributed by atoms with E-state index in [1.165, 1.54) is 0 Å². The summed E-state index contributed by atoms with van der Waals surface area (Å²) in [5.41, 5.74) is 1.48. The maximum absolute atomic E-state index is 12.7. The van der Waals surface area contributed by atoms with E-state index in [1.54, 1.807) is 16.9 Å². The summed E-state index contributed by atoms with van der Waals surface area (Å²) < 4.78 is 7.06. The van der Waals surface area contributed by atoms with Crippen LogP contribution in [0.3, 0.4) is 0 Å². The molecule has 1 aliphatic heterocycles. The Morgan fingerprint density at radius 2 is 2.40 bits per heavy atom. The van der Waals surface area contributed by atoms with Crippen molar-refractivity contribution in [3.63, 3.8) is 0 Å². The fraction of sp³-hybridized carbons (Fsp3) is 0.500. The summed E-state index contributed by atoms with van der Waals surface area (Å²) in [5, 5.41) is 8.08. The van der Waals surface area contributed by atoms with E-state index >= 15 is 0 Å². The number of likely N-dealkylation sites (tertiary alicyclic amines) is 1. The number of carbonyl (C=O) groups excluding carboxylic acids is 1. The Labute approximate surface area is 117 Å². The number of aryl methyl sites for hydroxylation is 2. The van der Waals surface area contributed by atoms with Gasteiger partial charge in [0, 0.05) is 25.4 Å². The van der Waals surface area contributed by atoms with Gasteiger partial charge in [-0.05, 0) is 32.8 Å². The first-order chi connectivity index (χ1) is 9.70. The molecule has 1 fully saturated rings. The van der Waals surface area contributed by atoms with E-state index in [-0.39, 0.29) is 11.9 Å². The van der Waals surface area contributed by atoms with Crippen molar-refractivity contribution in [2.75, 3.05) is 6.54 Å². The van der Waals surface area contributed by atoms with Gasteiger partial charge in [0.15, 0.2) is 5.76 Å². The van der Waals surface area contributed by atoms with Gasteiger partial charge < -0.3 is 9.42 Å². The Bertz CT molecular complexity index is 616. The molecule has 0 spiro atoms. The van der Waals surface area contributed by atoms with Crippen molar-refractivity contribution in [1.29, 1.82) is 0 Å². The van der Waals surface area contributed by atoms with Crippen LogP contribution in [0.1, 0.15) is 47.7 Å². The van der Waals surface area contributed by atoms with E-state index in [1.807, 2.05) is 24.8 Å². The van der Waals surface area contributed by atoms with Crippen LogP contribution in [0.2, 0.25) is 0 Å². The molecule has 1 saturated heterocycles. The van der Waals surface area contributed by atoms with E-state index in [2.05, 4.69) is 10.3 Å². The van der Waals surface area contributed by atoms with Gasteiger partial charge in [-0.15, -0.1) is 0 Å². The summed E-state index contributed by atoms with van der Waals surface area (Å²) in [7, 11) is 0. The molecule has 0 N–H and O–H groups in total. The standard InChI is InChI=1S/C14H18N4O2/c1-3-18-12(6-7-15-18)14(19)17-8-4-5-11(17)13-9-10(2)16-20-13/h6-7,9,11H,3-5,8H2,1-2H3/t11-/m1/s1. The smallest absolute Gasteiger partial charge is 0.272 e. The van der Waals surface area contributed by atoms with Gasteiger partial charge >= 0.3 is 0 Å². The summed E-state index contributed by atoms with van der Waals surface area (Å²) in [4.78, 5) is 14.5. The largest absolute Gasteiger partial charge is 0.359 e. The lowest BCUT2D eigenvalue weighted by atomic mass is 10.1. The van der Waals surface area contributed by atoms with Crippen LogP contribution in [0.25, 0.3) is 0 Å². The molecule has 0 unspecified atom stereocenters. The highest BCUT2D eigenvalue weighted by atomic mass is 16.5. The van der Waals surface area contributed by atoms with Crippen LogP contribution >= 0.6 is 0 Å². The number of amides is 1. The summed E-state index contributed by atoms with van der Waals surface area (Å²) in [6.45, 7) is 5.30. The molecule has 1 amide bonds. The minimum absolute atomic E-state index is 0.0103. The van der Waals surface area contributed by atoms with Crippen molar-refractivity contribution < 1.29 is 9.32 Å². The van der Waals surface area contributed by atoms with E-state index < -0.39 is 0 Å². The first-order valence-electron chi connectivity index (χ1n) is 6.96. The zero-order valence-corrected chi connectivity index (χ0v) is 11.7. The minimum atomic E-state index is -0.0103. The van der Waals surface area contributed by atoms with Gasteiger partial charge in [-0.3, -0.25) is 9.48 Å². The van der Waals surface area contributed by atoms with Crippen molar-refractivity contribution in [2.24, 2.45) is 0 Å². The lowest BCUT2D eigenvalue weighted by Crippen LogP contribution is -2.32. The van der Waals surface area contributed by atoms with Crippen molar-refractivity contribution >= 4 is 5.91 Å². The summed E-state index contributed by atoms with van der Waals surface area (Å²) in [6.07, 6.45) is 3.57. The predicted molar refractivity (Wildman–Crippen MR) is 72.2 cm³/mol. The molecule has 0 saturated carbocycles. The highest BCUT2D eigenvalue weighted by Gasteiger charge is 2.34. The molecule has 106 valence electrons. The zero-order valence-electron chi connectivity index (χ0n) is 11.7. The van der Waals surface area contributed by atoms with Gasteiger partial charge in [-0.2, -0.15) is 5.10 Å². The maximum atomic E-state index is 12.7. The van der Waals surface area contributed by atoms with Crippen LogP contribution in [0.4, 0.5) is 0 Å². The Morgan fingerprint density at radius 1 is 1.55 bits per heavy atom. The van der Waals surface area contributed by atoms with E-state index in [9.17, 15) is 4.79 Å². The van der Waals surface area contributed by atoms with E-state index in [0.717, 1.165) is 30.8 Å². The number of hydrogen-bond acceptors (Lipinski definition) is 4. The maximum Gasteiger partial charge on any atom is 0.272 e. The fourth-order valence-corrected chi connectivity index (χ4v) is 2.76. The summed E-state index contributed by atoms with van der Waals surface area (Å²) in [5.74, 6) is 0.789. The highest BCUT2D eigenvalue weighted by molar-refractivity contribution is 5.93. The van der Waals surface area contributed by atoms with Crippen LogP contribution in [0, 0.1) is 6.92 Å². The predicted octanol–water partition coefficient (Wildman–Crippen LogP) is 2.18. The Balaban J connectivity index is 1.87. The molecule has 0 radical (unpaired) electrons. The fourth-order valence-electron chi connectivity index (χ4n) is 2.76. The van der Waals surface area contributed by atoms with Crippen LogP contribution in [-0.2, 0) is 6.54 Å². The summed E-state index contributed by atoms with van der Waals surface area (Å²) in [6, 6.07) is 3.67. The average Bonchev–Trinajstić information content (AvgIpc) is 3.17. The first kappa shape index (κ1) is 12.9. The molecular weight excluding hydrogens is 256 g/mol. The van der Waals surface area contributed by atoms with E-state index in [4.69, 9.17) is 4.52 Å². The first-order valence-corrected chi connectivity index (χ1v) is 6.96. The van der Waals surface area contributed by atoms with Gasteiger partial charge in [0.25, 0.3) is 5.91 Å². The number of rotatable bonds is 3. The van der Waals surface area contributed by atoms with Gasteiger partial charge in [0.2, 0.25) is 0 Å². The van der Waals surface area contributed by atoms with Gasteiger partial charge in [-0.25, -0.2) is 0 Å². The molecule has 6 nitrogen and oxygen atoms in total. The lowest BCUT2D eigenvalue weighted by molar-refractivity contribution is 0.0702. The second kappa shape index (κ2) is 5.11. The molecule has 1 atom stereocenters. The van der Waals surface area contributed by atoms with Crippen LogP contribution in [-0.4, -0.2) is 32.3 Å². The number of hydrogen-bond donors (Lipinski definition) is 0. The third kappa shape index (κ3) is 2.11. The number of carbonyl (C=O) groups is 1. The van der Waals surface area contributed by atoms with Gasteiger partial charge in [0.05, 0.1) is 11.7 Å². The van der Waals surface area contributed by atoms with E-state index in [0.29, 0.717) is 12.2 Å². The molecule has 2 aromatic heterocycles. The molecule has 2 aromatic rings. The van der Waals surface area contributed by atoms with Crippen molar-refractivity contribution in [2.45, 2.75) is 39.3 Å². The molecule has 3 rings (SSSR count). The average molecular weight is 274 g/mol. The molecular formula is C14H18N4O2. The van der Waals surface area contributed by atoms with Crippen molar-refractivity contribution in [3.05, 3.63) is 35.5 Å². The second-order valence-electron chi connectivity index (χ2n) is 5.06. The zero-order chi connectivity index (χ0) is 14.1. The molecule has 1 aliphatic rings. The number of nitrogens with zero attached hydrogens (tertiary/aromatic N) is 4.